The highest BCUT2D eigenvalue weighted by atomic mass is 32.1. The lowest BCUT2D eigenvalue weighted by atomic mass is 9.99. The number of piperidine rings is 1. The van der Waals surface area contributed by atoms with Crippen molar-refractivity contribution in [2.75, 3.05) is 13.1 Å². The van der Waals surface area contributed by atoms with Gasteiger partial charge in [-0.2, -0.15) is 0 Å². The quantitative estimate of drug-likeness (QED) is 0.577. The van der Waals surface area contributed by atoms with E-state index in [1.54, 1.807) is 0 Å². The number of aromatic nitrogens is 3. The van der Waals surface area contributed by atoms with Crippen LogP contribution in [0.15, 0.2) is 53.3 Å². The van der Waals surface area contributed by atoms with Crippen molar-refractivity contribution in [2.24, 2.45) is 0 Å². The van der Waals surface area contributed by atoms with Gasteiger partial charge in [-0.15, -0.1) is 11.3 Å². The second kappa shape index (κ2) is 6.87. The zero-order chi connectivity index (χ0) is 18.2. The van der Waals surface area contributed by atoms with Crippen molar-refractivity contribution in [3.05, 3.63) is 69.7 Å². The minimum absolute atomic E-state index is 0.0465. The minimum Gasteiger partial charge on any atom is -0.328 e. The molecule has 1 aliphatic heterocycles. The van der Waals surface area contributed by atoms with Crippen LogP contribution >= 0.6 is 11.3 Å². The van der Waals surface area contributed by atoms with E-state index in [1.807, 2.05) is 41.7 Å². The first kappa shape index (κ1) is 16.6. The van der Waals surface area contributed by atoms with Crippen LogP contribution in [0, 0.1) is 0 Å². The zero-order valence-corrected chi connectivity index (χ0v) is 15.8. The summed E-state index contributed by atoms with van der Waals surface area (Å²) in [6.45, 7) is 2.90. The molecule has 27 heavy (non-hydrogen) atoms. The largest absolute Gasteiger partial charge is 0.328 e. The van der Waals surface area contributed by atoms with Gasteiger partial charge in [0.2, 0.25) is 0 Å². The van der Waals surface area contributed by atoms with E-state index in [1.165, 1.54) is 27.4 Å². The zero-order valence-electron chi connectivity index (χ0n) is 14.9. The van der Waals surface area contributed by atoms with Crippen LogP contribution in [0.2, 0.25) is 0 Å². The number of benzene rings is 2. The average Bonchev–Trinajstić information content (AvgIpc) is 3.13. The van der Waals surface area contributed by atoms with Gasteiger partial charge in [-0.05, 0) is 37.1 Å². The van der Waals surface area contributed by atoms with Gasteiger partial charge in [-0.25, -0.2) is 9.97 Å². The number of quaternary nitrogens is 1. The maximum absolute atomic E-state index is 12.3. The molecule has 0 amide bonds. The van der Waals surface area contributed by atoms with E-state index in [2.05, 4.69) is 28.2 Å². The summed E-state index contributed by atoms with van der Waals surface area (Å²) < 4.78 is 1.26. The lowest BCUT2D eigenvalue weighted by molar-refractivity contribution is -0.920. The van der Waals surface area contributed by atoms with Crippen molar-refractivity contribution in [1.29, 1.82) is 0 Å². The van der Waals surface area contributed by atoms with Crippen molar-refractivity contribution in [2.45, 2.75) is 25.3 Å². The molecule has 5 nitrogen and oxygen atoms in total. The van der Waals surface area contributed by atoms with Gasteiger partial charge >= 0.3 is 0 Å². The maximum atomic E-state index is 12.3. The smallest absolute Gasteiger partial charge is 0.258 e. The number of H-pyrrole nitrogens is 1. The maximum Gasteiger partial charge on any atom is 0.258 e. The number of likely N-dealkylation sites (tertiary alicyclic amines) is 1. The van der Waals surface area contributed by atoms with Crippen molar-refractivity contribution < 1.29 is 4.90 Å². The fourth-order valence-corrected chi connectivity index (χ4v) is 5.14. The number of para-hydroxylation sites is 2. The first-order valence-corrected chi connectivity index (χ1v) is 10.2. The summed E-state index contributed by atoms with van der Waals surface area (Å²) in [6, 6.07) is 15.9. The van der Waals surface area contributed by atoms with Gasteiger partial charge in [0, 0.05) is 0 Å². The van der Waals surface area contributed by atoms with Crippen molar-refractivity contribution in [1.82, 2.24) is 15.0 Å². The Morgan fingerprint density at radius 1 is 1.07 bits per heavy atom. The topological polar surface area (TPSA) is 63.1 Å². The Hall–Kier alpha value is -2.57. The lowest BCUT2D eigenvalue weighted by Gasteiger charge is -2.28. The van der Waals surface area contributed by atoms with Crippen molar-refractivity contribution in [3.63, 3.8) is 0 Å². The average molecular weight is 377 g/mol. The Balaban J connectivity index is 1.37. The number of hydrogen-bond donors (Lipinski definition) is 2. The molecule has 0 spiro atoms. The molecule has 2 atom stereocenters. The van der Waals surface area contributed by atoms with E-state index in [-0.39, 0.29) is 5.56 Å². The van der Waals surface area contributed by atoms with E-state index in [4.69, 9.17) is 4.98 Å². The summed E-state index contributed by atoms with van der Waals surface area (Å²) in [4.78, 5) is 26.3. The number of hydrogen-bond acceptors (Lipinski definition) is 4. The molecule has 1 unspecified atom stereocenters. The third-order valence-corrected chi connectivity index (χ3v) is 6.56. The van der Waals surface area contributed by atoms with Gasteiger partial charge in [0.25, 0.3) is 5.56 Å². The number of thiazole rings is 1. The van der Waals surface area contributed by atoms with Gasteiger partial charge in [-0.1, -0.05) is 24.3 Å². The molecule has 0 bridgehead atoms. The fraction of sp³-hybridized carbons (Fsp3) is 0.286. The fourth-order valence-electron chi connectivity index (χ4n) is 4.04. The summed E-state index contributed by atoms with van der Waals surface area (Å²) in [5.41, 5.74) is 1.83. The lowest BCUT2D eigenvalue weighted by Crippen LogP contribution is -3.12. The molecule has 4 aromatic rings. The highest BCUT2D eigenvalue weighted by molar-refractivity contribution is 7.18. The highest BCUT2D eigenvalue weighted by Gasteiger charge is 2.27. The minimum atomic E-state index is -0.0465. The van der Waals surface area contributed by atoms with E-state index in [0.717, 1.165) is 36.5 Å². The number of fused-ring (bicyclic) bond motifs is 2. The summed E-state index contributed by atoms with van der Waals surface area (Å²) >= 11 is 1.82. The van der Waals surface area contributed by atoms with Gasteiger partial charge in [0.15, 0.2) is 5.82 Å². The van der Waals surface area contributed by atoms with E-state index in [9.17, 15) is 4.79 Å². The number of rotatable bonds is 3. The third-order valence-electron chi connectivity index (χ3n) is 5.36. The Bertz CT molecular complexity index is 1130. The third kappa shape index (κ3) is 3.26. The van der Waals surface area contributed by atoms with E-state index < -0.39 is 0 Å². The van der Waals surface area contributed by atoms with Crippen LogP contribution in [0.25, 0.3) is 21.1 Å². The van der Waals surface area contributed by atoms with Gasteiger partial charge in [0.1, 0.15) is 11.6 Å². The van der Waals surface area contributed by atoms with Gasteiger partial charge < -0.3 is 9.88 Å². The molecule has 2 N–H and O–H groups in total. The number of aromatic amines is 1. The molecule has 6 heteroatoms. The molecule has 2 aromatic carbocycles. The van der Waals surface area contributed by atoms with Gasteiger partial charge in [0.05, 0.1) is 40.1 Å². The van der Waals surface area contributed by atoms with Crippen LogP contribution in [0.3, 0.4) is 0 Å². The predicted molar refractivity (Wildman–Crippen MR) is 108 cm³/mol. The molecule has 1 saturated heterocycles. The summed E-state index contributed by atoms with van der Waals surface area (Å²) in [7, 11) is 0. The van der Waals surface area contributed by atoms with Gasteiger partial charge in [-0.3, -0.25) is 4.79 Å². The molecule has 3 heterocycles. The van der Waals surface area contributed by atoms with E-state index in [0.29, 0.717) is 11.3 Å². The molecule has 2 aromatic heterocycles. The van der Waals surface area contributed by atoms with Crippen LogP contribution in [-0.2, 0) is 6.54 Å². The first-order valence-electron chi connectivity index (χ1n) is 9.43. The van der Waals surface area contributed by atoms with Crippen LogP contribution in [0.1, 0.15) is 29.6 Å². The second-order valence-corrected chi connectivity index (χ2v) is 8.33. The van der Waals surface area contributed by atoms with Crippen LogP contribution in [0.5, 0.6) is 0 Å². The molecular weight excluding hydrogens is 356 g/mol. The summed E-state index contributed by atoms with van der Waals surface area (Å²) in [5, 5.41) is 1.90. The predicted octanol–water partition coefficient (Wildman–Crippen LogP) is 2.50. The summed E-state index contributed by atoms with van der Waals surface area (Å²) in [6.07, 6.45) is 2.36. The summed E-state index contributed by atoms with van der Waals surface area (Å²) in [5.74, 6) is 1.26. The number of nitrogens with zero attached hydrogens (tertiary/aromatic N) is 2. The highest BCUT2D eigenvalue weighted by Crippen LogP contribution is 2.30. The monoisotopic (exact) mass is 377 g/mol. The Kier molecular flexibility index (Phi) is 4.22. The van der Waals surface area contributed by atoms with E-state index >= 15 is 0 Å². The molecule has 1 fully saturated rings. The molecular formula is C21H21N4OS+. The van der Waals surface area contributed by atoms with Crippen LogP contribution in [-0.4, -0.2) is 28.0 Å². The first-order chi connectivity index (χ1) is 13.3. The molecule has 136 valence electrons. The van der Waals surface area contributed by atoms with Crippen LogP contribution < -0.4 is 10.5 Å². The Labute approximate surface area is 160 Å². The van der Waals surface area contributed by atoms with Crippen LogP contribution in [0.4, 0.5) is 0 Å². The molecule has 0 aliphatic carbocycles. The molecule has 0 saturated carbocycles. The SMILES string of the molecule is O=c1[nH]c(C[NH+]2CCC[C@@H](c3nc4ccccc4s3)C2)nc2ccccc12. The van der Waals surface area contributed by atoms with Crippen molar-refractivity contribution >= 4 is 32.5 Å². The Morgan fingerprint density at radius 3 is 2.78 bits per heavy atom. The number of nitrogens with one attached hydrogen (secondary N) is 2. The Morgan fingerprint density at radius 2 is 1.89 bits per heavy atom. The molecule has 1 aliphatic rings. The normalized spacial score (nSPS) is 20.3. The molecule has 5 rings (SSSR count). The molecule has 0 radical (unpaired) electrons. The standard InChI is InChI=1S/C21H20N4OS/c26-20-15-7-1-2-8-16(15)22-19(24-20)13-25-11-5-6-14(12-25)21-23-17-9-3-4-10-18(17)27-21/h1-4,7-10,14H,5-6,11-13H2,(H,22,24,26)/p+1/t14-/m1/s1. The van der Waals surface area contributed by atoms with Crippen molar-refractivity contribution in [3.8, 4) is 0 Å². The second-order valence-electron chi connectivity index (χ2n) is 7.27.